The lowest BCUT2D eigenvalue weighted by molar-refractivity contribution is -0.195. The summed E-state index contributed by atoms with van der Waals surface area (Å²) in [7, 11) is -4.51. The molecule has 2 rings (SSSR count). The zero-order valence-corrected chi connectivity index (χ0v) is 14.7. The van der Waals surface area contributed by atoms with Crippen LogP contribution in [0.4, 0.5) is 5.69 Å². The number of benzene rings is 1. The van der Waals surface area contributed by atoms with Crippen LogP contribution in [-0.4, -0.2) is 48.2 Å². The predicted octanol–water partition coefficient (Wildman–Crippen LogP) is 1.58. The number of rotatable bonds is 4. The Bertz CT molecular complexity index is 696. The van der Waals surface area contributed by atoms with Crippen molar-refractivity contribution < 1.29 is 27.7 Å². The minimum atomic E-state index is -4.51. The molecule has 134 valence electrons. The number of hydrogen-bond acceptors (Lipinski definition) is 6. The Balaban J connectivity index is 2.16. The van der Waals surface area contributed by atoms with E-state index in [0.717, 1.165) is 4.31 Å². The molecule has 24 heavy (non-hydrogen) atoms. The number of nitrogens with zero attached hydrogens (tertiary/aromatic N) is 2. The van der Waals surface area contributed by atoms with Crippen molar-refractivity contribution in [3.8, 4) is 5.75 Å². The zero-order chi connectivity index (χ0) is 18.1. The maximum atomic E-state index is 11.9. The van der Waals surface area contributed by atoms with E-state index in [0.29, 0.717) is 13.0 Å². The maximum Gasteiger partial charge on any atom is 0.360 e. The molecule has 0 bridgehead atoms. The standard InChI is InChI=1S/C15H22N2O6S/c1-15(2,3)14(19)23-16-9-8-12(10-16)17(24(20,21)22)11-4-6-13(18)7-5-11/h4-7,12,18H,8-10H2,1-3H3,(H,20,21,22)/t12-/m0/s1. The summed E-state index contributed by atoms with van der Waals surface area (Å²) in [6.07, 6.45) is 0.387. The molecule has 9 heteroatoms. The molecule has 1 heterocycles. The normalized spacial score (nSPS) is 19.2. The second-order valence-electron chi connectivity index (χ2n) is 6.75. The van der Waals surface area contributed by atoms with Gasteiger partial charge in [0.25, 0.3) is 0 Å². The highest BCUT2D eigenvalue weighted by Gasteiger charge is 2.37. The highest BCUT2D eigenvalue weighted by molar-refractivity contribution is 7.87. The Hall–Kier alpha value is -1.84. The van der Waals surface area contributed by atoms with Gasteiger partial charge in [0.2, 0.25) is 0 Å². The second-order valence-corrected chi connectivity index (χ2v) is 8.04. The first-order valence-electron chi connectivity index (χ1n) is 7.52. The first-order chi connectivity index (χ1) is 11.0. The fourth-order valence-electron chi connectivity index (χ4n) is 2.37. The molecular formula is C15H22N2O6S. The van der Waals surface area contributed by atoms with Gasteiger partial charge in [0.1, 0.15) is 5.75 Å². The summed E-state index contributed by atoms with van der Waals surface area (Å²) in [6.45, 7) is 5.68. The van der Waals surface area contributed by atoms with Gasteiger partial charge in [-0.25, -0.2) is 9.10 Å². The van der Waals surface area contributed by atoms with Gasteiger partial charge in [0.15, 0.2) is 0 Å². The van der Waals surface area contributed by atoms with Gasteiger partial charge in [0, 0.05) is 6.54 Å². The number of hydroxylamine groups is 2. The summed E-state index contributed by atoms with van der Waals surface area (Å²) in [4.78, 5) is 17.2. The van der Waals surface area contributed by atoms with Crippen LogP contribution in [0.1, 0.15) is 27.2 Å². The van der Waals surface area contributed by atoms with Gasteiger partial charge < -0.3 is 9.94 Å². The van der Waals surface area contributed by atoms with E-state index >= 15 is 0 Å². The molecule has 2 N–H and O–H groups in total. The van der Waals surface area contributed by atoms with Gasteiger partial charge in [-0.1, -0.05) is 0 Å². The van der Waals surface area contributed by atoms with Crippen molar-refractivity contribution in [3.63, 3.8) is 0 Å². The topological polar surface area (TPSA) is 107 Å². The molecule has 0 amide bonds. The number of hydrogen-bond donors (Lipinski definition) is 2. The van der Waals surface area contributed by atoms with E-state index in [9.17, 15) is 22.9 Å². The predicted molar refractivity (Wildman–Crippen MR) is 87.7 cm³/mol. The Morgan fingerprint density at radius 2 is 1.88 bits per heavy atom. The monoisotopic (exact) mass is 358 g/mol. The van der Waals surface area contributed by atoms with Crippen LogP contribution in [0.3, 0.4) is 0 Å². The summed E-state index contributed by atoms with van der Waals surface area (Å²) in [5.41, 5.74) is -0.443. The minimum absolute atomic E-state index is 0.0128. The third-order valence-electron chi connectivity index (χ3n) is 3.63. The van der Waals surface area contributed by atoms with Crippen molar-refractivity contribution in [2.24, 2.45) is 5.41 Å². The van der Waals surface area contributed by atoms with Gasteiger partial charge in [-0.15, -0.1) is 5.06 Å². The van der Waals surface area contributed by atoms with E-state index in [2.05, 4.69) is 0 Å². The van der Waals surface area contributed by atoms with Crippen molar-refractivity contribution in [2.45, 2.75) is 33.2 Å². The average molecular weight is 358 g/mol. The number of carbonyl (C=O) groups excluding carboxylic acids is 1. The van der Waals surface area contributed by atoms with Gasteiger partial charge >= 0.3 is 16.3 Å². The number of anilines is 1. The smallest absolute Gasteiger partial charge is 0.360 e. The number of carbonyl (C=O) groups is 1. The molecule has 0 radical (unpaired) electrons. The molecule has 1 aliphatic rings. The number of aromatic hydroxyl groups is 1. The van der Waals surface area contributed by atoms with E-state index in [1.807, 2.05) is 0 Å². The van der Waals surface area contributed by atoms with Crippen LogP contribution in [0.5, 0.6) is 5.75 Å². The van der Waals surface area contributed by atoms with Crippen LogP contribution in [0, 0.1) is 5.41 Å². The Kier molecular flexibility index (Phi) is 5.07. The molecule has 1 saturated heterocycles. The summed E-state index contributed by atoms with van der Waals surface area (Å²) in [5, 5.41) is 10.7. The molecule has 0 aromatic heterocycles. The Labute approximate surface area is 141 Å². The van der Waals surface area contributed by atoms with Crippen LogP contribution < -0.4 is 4.31 Å². The first kappa shape index (κ1) is 18.5. The molecule has 8 nitrogen and oxygen atoms in total. The average Bonchev–Trinajstić information content (AvgIpc) is 2.86. The SMILES string of the molecule is CC(C)(C)C(=O)ON1CC[C@H](N(c2ccc(O)cc2)S(=O)(=O)O)C1. The quantitative estimate of drug-likeness (QED) is 0.787. The van der Waals surface area contributed by atoms with E-state index in [4.69, 9.17) is 4.84 Å². The lowest BCUT2D eigenvalue weighted by Crippen LogP contribution is -2.42. The molecule has 1 aliphatic heterocycles. The summed E-state index contributed by atoms with van der Waals surface area (Å²) >= 11 is 0. The van der Waals surface area contributed by atoms with Gasteiger partial charge in [0.05, 0.1) is 23.7 Å². The number of phenols is 1. The molecule has 1 aromatic rings. The molecule has 0 aliphatic carbocycles. The van der Waals surface area contributed by atoms with Crippen molar-refractivity contribution in [2.75, 3.05) is 17.4 Å². The Morgan fingerprint density at radius 1 is 1.29 bits per heavy atom. The molecular weight excluding hydrogens is 336 g/mol. The van der Waals surface area contributed by atoms with Gasteiger partial charge in [-0.05, 0) is 51.5 Å². The molecule has 0 unspecified atom stereocenters. The Morgan fingerprint density at radius 3 is 2.38 bits per heavy atom. The third-order valence-corrected chi connectivity index (χ3v) is 4.64. The van der Waals surface area contributed by atoms with E-state index in [1.165, 1.54) is 29.3 Å². The van der Waals surface area contributed by atoms with Crippen LogP contribution in [0.25, 0.3) is 0 Å². The van der Waals surface area contributed by atoms with E-state index < -0.39 is 27.7 Å². The maximum absolute atomic E-state index is 11.9. The fraction of sp³-hybridized carbons (Fsp3) is 0.533. The van der Waals surface area contributed by atoms with Gasteiger partial charge in [-0.3, -0.25) is 4.55 Å². The van der Waals surface area contributed by atoms with E-state index in [-0.39, 0.29) is 18.0 Å². The summed E-state index contributed by atoms with van der Waals surface area (Å²) in [5.74, 6) is -0.424. The highest BCUT2D eigenvalue weighted by Crippen LogP contribution is 2.28. The van der Waals surface area contributed by atoms with Crippen molar-refractivity contribution in [3.05, 3.63) is 24.3 Å². The van der Waals surface area contributed by atoms with Crippen molar-refractivity contribution in [1.29, 1.82) is 0 Å². The second kappa shape index (κ2) is 6.58. The minimum Gasteiger partial charge on any atom is -0.508 e. The van der Waals surface area contributed by atoms with E-state index in [1.54, 1.807) is 20.8 Å². The zero-order valence-electron chi connectivity index (χ0n) is 13.8. The fourth-order valence-corrected chi connectivity index (χ4v) is 3.31. The lowest BCUT2D eigenvalue weighted by Gasteiger charge is -2.27. The largest absolute Gasteiger partial charge is 0.508 e. The molecule has 1 aromatic carbocycles. The highest BCUT2D eigenvalue weighted by atomic mass is 32.2. The van der Waals surface area contributed by atoms with Crippen molar-refractivity contribution in [1.82, 2.24) is 5.06 Å². The van der Waals surface area contributed by atoms with Crippen LogP contribution in [0.2, 0.25) is 0 Å². The van der Waals surface area contributed by atoms with Crippen LogP contribution >= 0.6 is 0 Å². The van der Waals surface area contributed by atoms with Crippen LogP contribution in [0.15, 0.2) is 24.3 Å². The lowest BCUT2D eigenvalue weighted by atomic mass is 9.98. The first-order valence-corrected chi connectivity index (χ1v) is 8.91. The van der Waals surface area contributed by atoms with Crippen LogP contribution in [-0.2, 0) is 19.9 Å². The molecule has 0 saturated carbocycles. The molecule has 1 atom stereocenters. The summed E-state index contributed by atoms with van der Waals surface area (Å²) < 4.78 is 34.0. The molecule has 1 fully saturated rings. The van der Waals surface area contributed by atoms with Gasteiger partial charge in [-0.2, -0.15) is 8.42 Å². The number of phenolic OH excluding ortho intramolecular Hbond substituents is 1. The third kappa shape index (κ3) is 4.37. The molecule has 0 spiro atoms. The van der Waals surface area contributed by atoms with Crippen molar-refractivity contribution >= 4 is 22.0 Å². The summed E-state index contributed by atoms with van der Waals surface area (Å²) in [6, 6.07) is 4.87.